The van der Waals surface area contributed by atoms with Gasteiger partial charge in [-0.1, -0.05) is 38.2 Å². The minimum absolute atomic E-state index is 0.223. The van der Waals surface area contributed by atoms with Crippen LogP contribution in [-0.2, 0) is 11.8 Å². The lowest BCUT2D eigenvalue weighted by atomic mass is 9.86. The molecule has 0 bridgehead atoms. The molecule has 2 aliphatic heterocycles. The molecular formula is C25H35N5O2. The van der Waals surface area contributed by atoms with E-state index in [-0.39, 0.29) is 11.9 Å². The zero-order valence-electron chi connectivity index (χ0n) is 19.2. The van der Waals surface area contributed by atoms with E-state index in [1.54, 1.807) is 4.90 Å². The number of anilines is 1. The van der Waals surface area contributed by atoms with Gasteiger partial charge in [-0.2, -0.15) is 5.10 Å². The molecule has 0 radical (unpaired) electrons. The molecule has 2 saturated heterocycles. The molecule has 0 spiro atoms. The Kier molecular flexibility index (Phi) is 6.17. The first-order chi connectivity index (χ1) is 15.6. The highest BCUT2D eigenvalue weighted by molar-refractivity contribution is 6.08. The summed E-state index contributed by atoms with van der Waals surface area (Å²) in [6.07, 6.45) is 11.3. The van der Waals surface area contributed by atoms with Gasteiger partial charge in [-0.3, -0.25) is 19.7 Å². The number of aryl methyl sites for hydroxylation is 1. The van der Waals surface area contributed by atoms with E-state index in [1.807, 2.05) is 11.7 Å². The van der Waals surface area contributed by atoms with E-state index in [0.717, 1.165) is 16.8 Å². The van der Waals surface area contributed by atoms with Crippen molar-refractivity contribution < 1.29 is 9.59 Å². The van der Waals surface area contributed by atoms with Gasteiger partial charge < -0.3 is 4.90 Å². The van der Waals surface area contributed by atoms with Crippen LogP contribution in [0.2, 0.25) is 0 Å². The van der Waals surface area contributed by atoms with Gasteiger partial charge in [0.05, 0.1) is 5.52 Å². The number of rotatable bonds is 5. The highest BCUT2D eigenvalue weighted by Gasteiger charge is 2.28. The number of carbonyl (C=O) groups excluding carboxylic acids is 2. The Hall–Kier alpha value is -2.41. The number of hydrogen-bond donors (Lipinski definition) is 1. The van der Waals surface area contributed by atoms with Crippen molar-refractivity contribution in [2.24, 2.45) is 13.0 Å². The summed E-state index contributed by atoms with van der Waals surface area (Å²) < 4.78 is 1.86. The van der Waals surface area contributed by atoms with Crippen LogP contribution in [0.5, 0.6) is 0 Å². The number of urea groups is 1. The SMILES string of the molecule is Cn1nc(N2CCC(=O)NC2=O)c2ccc(C3CCN(CCC4CCCCC4)CC3)cc21. The van der Waals surface area contributed by atoms with E-state index in [1.165, 1.54) is 76.6 Å². The molecule has 3 aliphatic rings. The molecule has 1 saturated carbocycles. The predicted molar refractivity (Wildman–Crippen MR) is 126 cm³/mol. The van der Waals surface area contributed by atoms with Crippen LogP contribution in [0.4, 0.5) is 10.6 Å². The molecule has 5 rings (SSSR count). The largest absolute Gasteiger partial charge is 0.329 e. The highest BCUT2D eigenvalue weighted by atomic mass is 16.2. The summed E-state index contributed by atoms with van der Waals surface area (Å²) in [5, 5.41) is 7.98. The van der Waals surface area contributed by atoms with E-state index < -0.39 is 0 Å². The Balaban J connectivity index is 1.23. The van der Waals surface area contributed by atoms with Crippen LogP contribution in [0.3, 0.4) is 0 Å². The van der Waals surface area contributed by atoms with Gasteiger partial charge in [0.15, 0.2) is 5.82 Å². The normalized spacial score (nSPS) is 22.0. The first kappa shape index (κ1) is 21.4. The number of nitrogens with zero attached hydrogens (tertiary/aromatic N) is 4. The van der Waals surface area contributed by atoms with Crippen LogP contribution in [0.25, 0.3) is 10.9 Å². The average Bonchev–Trinajstić information content (AvgIpc) is 3.14. The third kappa shape index (κ3) is 4.40. The number of nitrogens with one attached hydrogen (secondary N) is 1. The molecule has 1 aliphatic carbocycles. The molecular weight excluding hydrogens is 402 g/mol. The second-order valence-corrected chi connectivity index (χ2v) is 9.89. The molecule has 7 heteroatoms. The van der Waals surface area contributed by atoms with Gasteiger partial charge in [0.25, 0.3) is 0 Å². The summed E-state index contributed by atoms with van der Waals surface area (Å²) in [7, 11) is 1.93. The summed E-state index contributed by atoms with van der Waals surface area (Å²) in [4.78, 5) is 28.0. The van der Waals surface area contributed by atoms with Gasteiger partial charge in [-0.25, -0.2) is 4.79 Å². The van der Waals surface area contributed by atoms with Gasteiger partial charge >= 0.3 is 6.03 Å². The number of benzene rings is 1. The maximum atomic E-state index is 12.3. The quantitative estimate of drug-likeness (QED) is 0.762. The molecule has 32 heavy (non-hydrogen) atoms. The first-order valence-corrected chi connectivity index (χ1v) is 12.4. The standard InChI is InChI=1S/C25H35N5O2/c1-28-22-17-20(7-8-21(22)24(27-28)30-16-12-23(31)26-25(30)32)19-10-14-29(15-11-19)13-9-18-5-3-2-4-6-18/h7-8,17-19H,2-6,9-16H2,1H3,(H,26,31,32). The van der Waals surface area contributed by atoms with Crippen LogP contribution < -0.4 is 10.2 Å². The van der Waals surface area contributed by atoms with Gasteiger partial charge in [0.1, 0.15) is 0 Å². The van der Waals surface area contributed by atoms with Crippen molar-refractivity contribution in [2.75, 3.05) is 31.1 Å². The van der Waals surface area contributed by atoms with Gasteiger partial charge in [-0.05, 0) is 68.4 Å². The lowest BCUT2D eigenvalue weighted by Gasteiger charge is -2.33. The molecule has 1 N–H and O–H groups in total. The number of piperidine rings is 1. The molecule has 3 heterocycles. The molecule has 1 aromatic carbocycles. The number of likely N-dealkylation sites (tertiary alicyclic amines) is 1. The van der Waals surface area contributed by atoms with Crippen LogP contribution in [0, 0.1) is 5.92 Å². The van der Waals surface area contributed by atoms with Gasteiger partial charge in [0, 0.05) is 25.4 Å². The van der Waals surface area contributed by atoms with Gasteiger partial charge in [-0.15, -0.1) is 0 Å². The molecule has 172 valence electrons. The lowest BCUT2D eigenvalue weighted by Crippen LogP contribution is -2.49. The average molecular weight is 438 g/mol. The van der Waals surface area contributed by atoms with Crippen LogP contribution in [0.15, 0.2) is 18.2 Å². The van der Waals surface area contributed by atoms with Crippen molar-refractivity contribution >= 4 is 28.7 Å². The summed E-state index contributed by atoms with van der Waals surface area (Å²) in [6.45, 7) is 4.02. The summed E-state index contributed by atoms with van der Waals surface area (Å²) in [6, 6.07) is 6.18. The summed E-state index contributed by atoms with van der Waals surface area (Å²) in [5.41, 5.74) is 2.42. The van der Waals surface area contributed by atoms with Crippen molar-refractivity contribution in [3.05, 3.63) is 23.8 Å². The number of aromatic nitrogens is 2. The Bertz CT molecular complexity index is 986. The number of hydrogen-bond acceptors (Lipinski definition) is 4. The molecule has 3 fully saturated rings. The summed E-state index contributed by atoms with van der Waals surface area (Å²) in [5.74, 6) is 1.96. The van der Waals surface area contributed by atoms with Crippen LogP contribution in [0.1, 0.15) is 69.3 Å². The maximum absolute atomic E-state index is 12.3. The van der Waals surface area contributed by atoms with Crippen LogP contribution in [-0.4, -0.2) is 52.8 Å². The van der Waals surface area contributed by atoms with Crippen molar-refractivity contribution in [1.29, 1.82) is 0 Å². The maximum Gasteiger partial charge on any atom is 0.329 e. The van der Waals surface area contributed by atoms with E-state index in [9.17, 15) is 9.59 Å². The molecule has 7 nitrogen and oxygen atoms in total. The predicted octanol–water partition coefficient (Wildman–Crippen LogP) is 4.17. The second-order valence-electron chi connectivity index (χ2n) is 9.89. The number of fused-ring (bicyclic) bond motifs is 1. The lowest BCUT2D eigenvalue weighted by molar-refractivity contribution is -0.120. The fourth-order valence-electron chi connectivity index (χ4n) is 5.81. The molecule has 0 unspecified atom stereocenters. The minimum atomic E-state index is -0.383. The Morgan fingerprint density at radius 3 is 2.56 bits per heavy atom. The monoisotopic (exact) mass is 437 g/mol. The first-order valence-electron chi connectivity index (χ1n) is 12.4. The highest BCUT2D eigenvalue weighted by Crippen LogP contribution is 2.34. The van der Waals surface area contributed by atoms with Gasteiger partial charge in [0.2, 0.25) is 5.91 Å². The fourth-order valence-corrected chi connectivity index (χ4v) is 5.81. The zero-order valence-corrected chi connectivity index (χ0v) is 19.2. The number of imide groups is 1. The smallest absolute Gasteiger partial charge is 0.303 e. The fraction of sp³-hybridized carbons (Fsp3) is 0.640. The van der Waals surface area contributed by atoms with E-state index in [4.69, 9.17) is 0 Å². The molecule has 1 aromatic heterocycles. The number of carbonyl (C=O) groups is 2. The minimum Gasteiger partial charge on any atom is -0.303 e. The molecule has 0 atom stereocenters. The topological polar surface area (TPSA) is 70.5 Å². The van der Waals surface area contributed by atoms with Crippen molar-refractivity contribution in [2.45, 2.75) is 63.7 Å². The van der Waals surface area contributed by atoms with Crippen molar-refractivity contribution in [1.82, 2.24) is 20.0 Å². The summed E-state index contributed by atoms with van der Waals surface area (Å²) >= 11 is 0. The Labute approximate surface area is 190 Å². The van der Waals surface area contributed by atoms with Crippen LogP contribution >= 0.6 is 0 Å². The second kappa shape index (κ2) is 9.22. The van der Waals surface area contributed by atoms with Crippen molar-refractivity contribution in [3.63, 3.8) is 0 Å². The van der Waals surface area contributed by atoms with E-state index >= 15 is 0 Å². The zero-order chi connectivity index (χ0) is 22.1. The Morgan fingerprint density at radius 1 is 1.03 bits per heavy atom. The molecule has 2 aromatic rings. The van der Waals surface area contributed by atoms with E-state index in [2.05, 4.69) is 33.5 Å². The number of amides is 3. The molecule has 3 amide bonds. The Morgan fingerprint density at radius 2 is 1.81 bits per heavy atom. The third-order valence-corrected chi connectivity index (χ3v) is 7.80. The van der Waals surface area contributed by atoms with E-state index in [0.29, 0.717) is 24.7 Å². The van der Waals surface area contributed by atoms with Crippen molar-refractivity contribution in [3.8, 4) is 0 Å². The third-order valence-electron chi connectivity index (χ3n) is 7.80.